The maximum atomic E-state index is 14.4. The number of carbonyl (C=O) groups is 1. The summed E-state index contributed by atoms with van der Waals surface area (Å²) in [6.45, 7) is 0.113. The Labute approximate surface area is 178 Å². The Morgan fingerprint density at radius 3 is 2.32 bits per heavy atom. The number of sulfonamides is 1. The van der Waals surface area contributed by atoms with Crippen molar-refractivity contribution in [2.45, 2.75) is 11.3 Å². The number of amides is 1. The zero-order valence-corrected chi connectivity index (χ0v) is 17.4. The molecule has 0 fully saturated rings. The van der Waals surface area contributed by atoms with E-state index in [9.17, 15) is 22.0 Å². The lowest BCUT2D eigenvalue weighted by Crippen LogP contribution is -2.26. The first kappa shape index (κ1) is 22.4. The highest BCUT2D eigenvalue weighted by molar-refractivity contribution is 7.89. The third-order valence-electron chi connectivity index (χ3n) is 4.48. The predicted octanol–water partition coefficient (Wildman–Crippen LogP) is 3.75. The maximum Gasteiger partial charge on any atom is 0.258 e. The number of rotatable bonds is 8. The molecule has 1 amide bonds. The van der Waals surface area contributed by atoms with Gasteiger partial charge in [0, 0.05) is 6.54 Å². The van der Waals surface area contributed by atoms with Crippen LogP contribution in [0.1, 0.15) is 15.9 Å². The molecule has 31 heavy (non-hydrogen) atoms. The van der Waals surface area contributed by atoms with Crippen LogP contribution in [-0.4, -0.2) is 28.0 Å². The summed E-state index contributed by atoms with van der Waals surface area (Å²) < 4.78 is 60.5. The van der Waals surface area contributed by atoms with Crippen LogP contribution in [-0.2, 0) is 16.4 Å². The highest BCUT2D eigenvalue weighted by Crippen LogP contribution is 2.20. The number of carbonyl (C=O) groups excluding carboxylic acids is 1. The van der Waals surface area contributed by atoms with E-state index in [1.807, 2.05) is 12.1 Å². The number of methoxy groups -OCH3 is 1. The van der Waals surface area contributed by atoms with Gasteiger partial charge in [-0.3, -0.25) is 4.79 Å². The third kappa shape index (κ3) is 5.65. The van der Waals surface area contributed by atoms with Gasteiger partial charge < -0.3 is 10.1 Å². The minimum absolute atomic E-state index is 0.113. The fourth-order valence-corrected chi connectivity index (χ4v) is 3.85. The van der Waals surface area contributed by atoms with Gasteiger partial charge in [-0.25, -0.2) is 21.9 Å². The van der Waals surface area contributed by atoms with Gasteiger partial charge in [-0.15, -0.1) is 0 Å². The molecule has 0 bridgehead atoms. The molecule has 2 N–H and O–H groups in total. The Morgan fingerprint density at radius 1 is 0.968 bits per heavy atom. The molecular formula is C22H20F2N2O4S. The monoisotopic (exact) mass is 446 g/mol. The topological polar surface area (TPSA) is 84.5 Å². The zero-order chi connectivity index (χ0) is 22.4. The van der Waals surface area contributed by atoms with Gasteiger partial charge in [-0.2, -0.15) is 0 Å². The molecule has 0 saturated heterocycles. The Hall–Kier alpha value is -3.30. The first-order valence-electron chi connectivity index (χ1n) is 9.28. The number of hydrogen-bond acceptors (Lipinski definition) is 4. The third-order valence-corrected chi connectivity index (χ3v) is 5.94. The van der Waals surface area contributed by atoms with Crippen LogP contribution < -0.4 is 14.8 Å². The molecule has 0 unspecified atom stereocenters. The van der Waals surface area contributed by atoms with Gasteiger partial charge in [0.05, 0.1) is 23.3 Å². The molecule has 0 aliphatic rings. The van der Waals surface area contributed by atoms with Crippen molar-refractivity contribution in [3.63, 3.8) is 0 Å². The van der Waals surface area contributed by atoms with Crippen molar-refractivity contribution < 1.29 is 26.7 Å². The Balaban J connectivity index is 1.64. The highest BCUT2D eigenvalue weighted by Gasteiger charge is 2.18. The van der Waals surface area contributed by atoms with Gasteiger partial charge in [0.2, 0.25) is 10.0 Å². The van der Waals surface area contributed by atoms with Crippen LogP contribution in [0.25, 0.3) is 0 Å². The minimum Gasteiger partial charge on any atom is -0.497 e. The molecule has 162 valence electrons. The van der Waals surface area contributed by atoms with Crippen LogP contribution in [0.2, 0.25) is 0 Å². The van der Waals surface area contributed by atoms with Crippen molar-refractivity contribution in [3.05, 3.63) is 89.5 Å². The van der Waals surface area contributed by atoms with Gasteiger partial charge >= 0.3 is 0 Å². The number of nitrogens with one attached hydrogen (secondary N) is 2. The van der Waals surface area contributed by atoms with Crippen molar-refractivity contribution in [2.75, 3.05) is 19.0 Å². The molecule has 0 saturated carbocycles. The number of halogens is 2. The van der Waals surface area contributed by atoms with Crippen LogP contribution in [0.5, 0.6) is 5.75 Å². The normalized spacial score (nSPS) is 11.2. The second kappa shape index (κ2) is 9.67. The van der Waals surface area contributed by atoms with Crippen molar-refractivity contribution in [1.29, 1.82) is 0 Å². The molecule has 0 atom stereocenters. The smallest absolute Gasteiger partial charge is 0.258 e. The van der Waals surface area contributed by atoms with Crippen LogP contribution in [0.15, 0.2) is 71.6 Å². The van der Waals surface area contributed by atoms with E-state index in [0.29, 0.717) is 12.2 Å². The summed E-state index contributed by atoms with van der Waals surface area (Å²) in [5, 5.41) is 2.24. The molecule has 0 heterocycles. The summed E-state index contributed by atoms with van der Waals surface area (Å²) in [6.07, 6.45) is 0.433. The number of hydrogen-bond donors (Lipinski definition) is 2. The molecule has 0 aliphatic carbocycles. The van der Waals surface area contributed by atoms with Crippen LogP contribution in [0.4, 0.5) is 14.5 Å². The molecule has 9 heteroatoms. The second-order valence-electron chi connectivity index (χ2n) is 6.57. The summed E-state index contributed by atoms with van der Waals surface area (Å²) in [4.78, 5) is 11.8. The molecule has 0 radical (unpaired) electrons. The van der Waals surface area contributed by atoms with E-state index < -0.39 is 27.6 Å². The van der Waals surface area contributed by atoms with Crippen molar-refractivity contribution in [2.24, 2.45) is 0 Å². The summed E-state index contributed by atoms with van der Waals surface area (Å²) in [5.41, 5.74) is 0.394. The fourth-order valence-electron chi connectivity index (χ4n) is 2.80. The molecule has 3 aromatic rings. The first-order chi connectivity index (χ1) is 14.8. The van der Waals surface area contributed by atoms with Gasteiger partial charge in [-0.1, -0.05) is 24.3 Å². The van der Waals surface area contributed by atoms with Gasteiger partial charge in [0.15, 0.2) is 0 Å². The van der Waals surface area contributed by atoms with Crippen LogP contribution >= 0.6 is 0 Å². The van der Waals surface area contributed by atoms with E-state index in [1.165, 1.54) is 18.2 Å². The molecule has 6 nitrogen and oxygen atoms in total. The summed E-state index contributed by atoms with van der Waals surface area (Å²) in [6, 6.07) is 15.5. The lowest BCUT2D eigenvalue weighted by Gasteiger charge is -2.10. The predicted molar refractivity (Wildman–Crippen MR) is 113 cm³/mol. The van der Waals surface area contributed by atoms with Gasteiger partial charge in [0.1, 0.15) is 17.4 Å². The fraction of sp³-hybridized carbons (Fsp3) is 0.136. The summed E-state index contributed by atoms with van der Waals surface area (Å²) in [7, 11) is -2.40. The zero-order valence-electron chi connectivity index (χ0n) is 16.6. The number of benzene rings is 3. The van der Waals surface area contributed by atoms with E-state index in [0.717, 1.165) is 29.8 Å². The van der Waals surface area contributed by atoms with Crippen molar-refractivity contribution >= 4 is 21.6 Å². The SMILES string of the molecule is COc1ccc(CCNS(=O)(=O)c2ccc(NC(=O)c3ccccc3F)c(F)c2)cc1. The lowest BCUT2D eigenvalue weighted by molar-refractivity contribution is 0.102. The van der Waals surface area contributed by atoms with Crippen molar-refractivity contribution in [1.82, 2.24) is 4.72 Å². The van der Waals surface area contributed by atoms with Crippen LogP contribution in [0, 0.1) is 11.6 Å². The highest BCUT2D eigenvalue weighted by atomic mass is 32.2. The van der Waals surface area contributed by atoms with E-state index >= 15 is 0 Å². The lowest BCUT2D eigenvalue weighted by atomic mass is 10.1. The molecule has 0 aromatic heterocycles. The summed E-state index contributed by atoms with van der Waals surface area (Å²) in [5.74, 6) is -1.85. The van der Waals surface area contributed by atoms with E-state index in [1.54, 1.807) is 19.2 Å². The largest absolute Gasteiger partial charge is 0.497 e. The Bertz CT molecular complexity index is 1180. The Kier molecular flexibility index (Phi) is 6.98. The number of ether oxygens (including phenoxy) is 1. The average molecular weight is 446 g/mol. The maximum absolute atomic E-state index is 14.4. The van der Waals surface area contributed by atoms with E-state index in [-0.39, 0.29) is 22.7 Å². The quantitative estimate of drug-likeness (QED) is 0.552. The van der Waals surface area contributed by atoms with Gasteiger partial charge in [-0.05, 0) is 54.4 Å². The molecule has 0 spiro atoms. The molecular weight excluding hydrogens is 426 g/mol. The first-order valence-corrected chi connectivity index (χ1v) is 10.8. The number of anilines is 1. The minimum atomic E-state index is -3.96. The molecule has 3 aromatic carbocycles. The van der Waals surface area contributed by atoms with E-state index in [4.69, 9.17) is 4.74 Å². The summed E-state index contributed by atoms with van der Waals surface area (Å²) >= 11 is 0. The van der Waals surface area contributed by atoms with Gasteiger partial charge in [0.25, 0.3) is 5.91 Å². The molecule has 3 rings (SSSR count). The standard InChI is InChI=1S/C22H20F2N2O4S/c1-30-16-8-6-15(7-9-16)12-13-25-31(28,29)17-10-11-21(20(24)14-17)26-22(27)18-4-2-3-5-19(18)23/h2-11,14,25H,12-13H2,1H3,(H,26,27). The second-order valence-corrected chi connectivity index (χ2v) is 8.34. The Morgan fingerprint density at radius 2 is 1.68 bits per heavy atom. The average Bonchev–Trinajstić information content (AvgIpc) is 2.75. The van der Waals surface area contributed by atoms with Crippen molar-refractivity contribution in [3.8, 4) is 5.75 Å². The van der Waals surface area contributed by atoms with E-state index in [2.05, 4.69) is 10.0 Å². The van der Waals surface area contributed by atoms with Crippen LogP contribution in [0.3, 0.4) is 0 Å². The molecule has 0 aliphatic heterocycles.